The summed E-state index contributed by atoms with van der Waals surface area (Å²) in [6, 6.07) is 4.56. The number of carbonyl (C=O) groups excluding carboxylic acids is 1. The first kappa shape index (κ1) is 15.4. The van der Waals surface area contributed by atoms with Crippen molar-refractivity contribution < 1.29 is 14.3 Å². The molecule has 4 nitrogen and oxygen atoms in total. The van der Waals surface area contributed by atoms with E-state index in [2.05, 4.69) is 5.32 Å². The summed E-state index contributed by atoms with van der Waals surface area (Å²) in [7, 11) is 1.70. The first-order valence-corrected chi connectivity index (χ1v) is 6.41. The highest BCUT2D eigenvalue weighted by molar-refractivity contribution is 5.81. The van der Waals surface area contributed by atoms with Crippen LogP contribution in [0.1, 0.15) is 31.9 Å². The fraction of sp³-hybridized carbons (Fsp3) is 0.500. The quantitative estimate of drug-likeness (QED) is 0.827. The molecular formula is C14H21FN2O2. The fourth-order valence-electron chi connectivity index (χ4n) is 1.89. The number of benzene rings is 1. The van der Waals surface area contributed by atoms with E-state index in [1.54, 1.807) is 24.1 Å². The zero-order valence-corrected chi connectivity index (χ0v) is 11.6. The molecule has 0 aliphatic rings. The highest BCUT2D eigenvalue weighted by Gasteiger charge is 2.17. The Morgan fingerprint density at radius 1 is 1.53 bits per heavy atom. The van der Waals surface area contributed by atoms with Crippen LogP contribution >= 0.6 is 0 Å². The van der Waals surface area contributed by atoms with E-state index in [1.807, 2.05) is 6.92 Å². The second-order valence-corrected chi connectivity index (χ2v) is 4.55. The lowest BCUT2D eigenvalue weighted by atomic mass is 10.1. The number of likely N-dealkylation sites (N-methyl/N-ethyl adjacent to an activating group) is 1. The summed E-state index contributed by atoms with van der Waals surface area (Å²) < 4.78 is 13.7. The molecule has 19 heavy (non-hydrogen) atoms. The third-order valence-electron chi connectivity index (χ3n) is 2.81. The minimum absolute atomic E-state index is 0.120. The SMILES string of the molecule is CCCNC(=O)CN(C)c1cccc(F)c1C(C)O. The number of nitrogens with zero attached hydrogens (tertiary/aromatic N) is 1. The molecule has 0 saturated heterocycles. The molecule has 1 rings (SSSR count). The largest absolute Gasteiger partial charge is 0.389 e. The van der Waals surface area contributed by atoms with Crippen molar-refractivity contribution in [2.75, 3.05) is 25.0 Å². The third kappa shape index (κ3) is 4.21. The zero-order valence-electron chi connectivity index (χ0n) is 11.6. The average Bonchev–Trinajstić information content (AvgIpc) is 2.35. The molecule has 0 radical (unpaired) electrons. The third-order valence-corrected chi connectivity index (χ3v) is 2.81. The number of nitrogens with one attached hydrogen (secondary N) is 1. The van der Waals surface area contributed by atoms with Crippen LogP contribution in [0.2, 0.25) is 0 Å². The van der Waals surface area contributed by atoms with Crippen LogP contribution in [0.25, 0.3) is 0 Å². The fourth-order valence-corrected chi connectivity index (χ4v) is 1.89. The molecule has 0 aromatic heterocycles. The van der Waals surface area contributed by atoms with Crippen molar-refractivity contribution in [1.82, 2.24) is 5.32 Å². The van der Waals surface area contributed by atoms with Gasteiger partial charge in [-0.2, -0.15) is 0 Å². The van der Waals surface area contributed by atoms with Crippen LogP contribution in [-0.4, -0.2) is 31.2 Å². The summed E-state index contributed by atoms with van der Waals surface area (Å²) >= 11 is 0. The van der Waals surface area contributed by atoms with Gasteiger partial charge in [0.1, 0.15) is 5.82 Å². The molecule has 0 heterocycles. The van der Waals surface area contributed by atoms with Crippen molar-refractivity contribution in [2.24, 2.45) is 0 Å². The number of aliphatic hydroxyl groups excluding tert-OH is 1. The summed E-state index contributed by atoms with van der Waals surface area (Å²) in [6.07, 6.45) is -0.0497. The number of aliphatic hydroxyl groups is 1. The molecule has 1 aromatic rings. The smallest absolute Gasteiger partial charge is 0.239 e. The number of carbonyl (C=O) groups is 1. The van der Waals surface area contributed by atoms with Crippen LogP contribution in [0.15, 0.2) is 18.2 Å². The number of rotatable bonds is 6. The molecule has 5 heteroatoms. The van der Waals surface area contributed by atoms with Crippen molar-refractivity contribution in [1.29, 1.82) is 0 Å². The van der Waals surface area contributed by atoms with E-state index in [1.165, 1.54) is 13.0 Å². The average molecular weight is 268 g/mol. The maximum Gasteiger partial charge on any atom is 0.239 e. The number of anilines is 1. The van der Waals surface area contributed by atoms with Gasteiger partial charge in [-0.05, 0) is 25.5 Å². The summed E-state index contributed by atoms with van der Waals surface area (Å²) in [6.45, 7) is 4.23. The predicted molar refractivity (Wildman–Crippen MR) is 73.6 cm³/mol. The van der Waals surface area contributed by atoms with E-state index in [4.69, 9.17) is 0 Å². The van der Waals surface area contributed by atoms with Gasteiger partial charge in [0.25, 0.3) is 0 Å². The number of amides is 1. The monoisotopic (exact) mass is 268 g/mol. The number of hydrogen-bond donors (Lipinski definition) is 2. The molecule has 1 amide bonds. The van der Waals surface area contributed by atoms with E-state index < -0.39 is 11.9 Å². The molecule has 1 atom stereocenters. The van der Waals surface area contributed by atoms with Gasteiger partial charge in [-0.25, -0.2) is 4.39 Å². The zero-order chi connectivity index (χ0) is 14.4. The van der Waals surface area contributed by atoms with Crippen molar-refractivity contribution in [2.45, 2.75) is 26.4 Å². The molecule has 1 unspecified atom stereocenters. The standard InChI is InChI=1S/C14H21FN2O2/c1-4-8-16-13(19)9-17(3)12-7-5-6-11(15)14(12)10(2)18/h5-7,10,18H,4,8-9H2,1-3H3,(H,16,19). The van der Waals surface area contributed by atoms with Crippen LogP contribution in [0.5, 0.6) is 0 Å². The summed E-state index contributed by atoms with van der Waals surface area (Å²) in [4.78, 5) is 13.3. The second-order valence-electron chi connectivity index (χ2n) is 4.55. The van der Waals surface area contributed by atoms with Gasteiger partial charge in [0.2, 0.25) is 5.91 Å². The van der Waals surface area contributed by atoms with Gasteiger partial charge in [0.15, 0.2) is 0 Å². The lowest BCUT2D eigenvalue weighted by Crippen LogP contribution is -2.36. The summed E-state index contributed by atoms with van der Waals surface area (Å²) in [5, 5.41) is 12.4. The molecular weight excluding hydrogens is 247 g/mol. The van der Waals surface area contributed by atoms with Gasteiger partial charge in [-0.3, -0.25) is 4.79 Å². The Hall–Kier alpha value is -1.62. The van der Waals surface area contributed by atoms with E-state index in [0.717, 1.165) is 6.42 Å². The van der Waals surface area contributed by atoms with Crippen molar-refractivity contribution in [3.05, 3.63) is 29.6 Å². The molecule has 0 fully saturated rings. The maximum absolute atomic E-state index is 13.7. The highest BCUT2D eigenvalue weighted by Crippen LogP contribution is 2.27. The van der Waals surface area contributed by atoms with E-state index in [9.17, 15) is 14.3 Å². The minimum Gasteiger partial charge on any atom is -0.389 e. The summed E-state index contributed by atoms with van der Waals surface area (Å²) in [5.74, 6) is -0.585. The highest BCUT2D eigenvalue weighted by atomic mass is 19.1. The Kier molecular flexibility index (Phi) is 5.76. The predicted octanol–water partition coefficient (Wildman–Crippen LogP) is 1.84. The van der Waals surface area contributed by atoms with Crippen molar-refractivity contribution in [3.8, 4) is 0 Å². The van der Waals surface area contributed by atoms with E-state index in [-0.39, 0.29) is 18.0 Å². The van der Waals surface area contributed by atoms with Crippen LogP contribution < -0.4 is 10.2 Å². The molecule has 0 aliphatic carbocycles. The molecule has 0 aliphatic heterocycles. The Balaban J connectivity index is 2.85. The molecule has 1 aromatic carbocycles. The lowest BCUT2D eigenvalue weighted by molar-refractivity contribution is -0.119. The van der Waals surface area contributed by atoms with E-state index >= 15 is 0 Å². The van der Waals surface area contributed by atoms with Crippen LogP contribution in [0.3, 0.4) is 0 Å². The van der Waals surface area contributed by atoms with Crippen LogP contribution in [0, 0.1) is 5.82 Å². The van der Waals surface area contributed by atoms with Gasteiger partial charge >= 0.3 is 0 Å². The Morgan fingerprint density at radius 3 is 2.79 bits per heavy atom. The molecule has 2 N–H and O–H groups in total. The van der Waals surface area contributed by atoms with Gasteiger partial charge < -0.3 is 15.3 Å². The van der Waals surface area contributed by atoms with Gasteiger partial charge in [-0.1, -0.05) is 13.0 Å². The Morgan fingerprint density at radius 2 is 2.21 bits per heavy atom. The lowest BCUT2D eigenvalue weighted by Gasteiger charge is -2.23. The number of halogens is 1. The number of hydrogen-bond acceptors (Lipinski definition) is 3. The normalized spacial score (nSPS) is 12.1. The Labute approximate surface area is 113 Å². The van der Waals surface area contributed by atoms with E-state index in [0.29, 0.717) is 12.2 Å². The summed E-state index contributed by atoms with van der Waals surface area (Å²) in [5.41, 5.74) is 0.745. The Bertz CT molecular complexity index is 435. The van der Waals surface area contributed by atoms with Gasteiger partial charge in [0, 0.05) is 24.8 Å². The maximum atomic E-state index is 13.7. The van der Waals surface area contributed by atoms with Crippen molar-refractivity contribution >= 4 is 11.6 Å². The first-order chi connectivity index (χ1) is 8.97. The second kappa shape index (κ2) is 7.09. The van der Waals surface area contributed by atoms with Gasteiger partial charge in [0.05, 0.1) is 12.6 Å². The van der Waals surface area contributed by atoms with Crippen LogP contribution in [0.4, 0.5) is 10.1 Å². The van der Waals surface area contributed by atoms with Crippen LogP contribution in [-0.2, 0) is 4.79 Å². The van der Waals surface area contributed by atoms with Crippen molar-refractivity contribution in [3.63, 3.8) is 0 Å². The molecule has 106 valence electrons. The topological polar surface area (TPSA) is 52.6 Å². The van der Waals surface area contributed by atoms with Gasteiger partial charge in [-0.15, -0.1) is 0 Å². The molecule has 0 saturated carbocycles. The minimum atomic E-state index is -0.919. The molecule has 0 spiro atoms. The molecule has 0 bridgehead atoms. The first-order valence-electron chi connectivity index (χ1n) is 6.41.